The third-order valence-corrected chi connectivity index (χ3v) is 7.71. The van der Waals surface area contributed by atoms with E-state index in [4.69, 9.17) is 11.5 Å². The second-order valence-corrected chi connectivity index (χ2v) is 11.7. The molecule has 26 heteroatoms. The van der Waals surface area contributed by atoms with Gasteiger partial charge in [-0.3, -0.25) is 5.04 Å². The molecule has 236 valence electrons. The van der Waals surface area contributed by atoms with Crippen LogP contribution in [0.3, 0.4) is 0 Å². The number of nitrogen functional groups attached to an aromatic ring is 2. The normalized spacial score (nSPS) is 11.5. The Bertz CT molecular complexity index is 2050. The number of nitrogens with two attached hydrogens (primary N) is 2. The molecule has 5 N–H and O–H groups in total. The Morgan fingerprint density at radius 2 is 1.40 bits per heavy atom. The topological polar surface area (TPSA) is 295 Å². The van der Waals surface area contributed by atoms with Gasteiger partial charge in [-0.05, 0) is 36.4 Å². The largest absolute Gasteiger partial charge is 1.00 e. The summed E-state index contributed by atoms with van der Waals surface area (Å²) in [6, 6.07) is 9.92. The van der Waals surface area contributed by atoms with Crippen LogP contribution < -0.4 is 111 Å². The fraction of sp³-hybridized carbons (Fsp3) is 0. The molecule has 4 aromatic rings. The molecule has 0 amide bonds. The number of nitrogens with zero attached hydrogens (tertiary/aromatic N) is 6. The zero-order valence-corrected chi connectivity index (χ0v) is 33.1. The van der Waals surface area contributed by atoms with Gasteiger partial charge in [0, 0.05) is 11.8 Å². The summed E-state index contributed by atoms with van der Waals surface area (Å²) in [5.74, 6) is -1.48. The van der Waals surface area contributed by atoms with Crippen LogP contribution in [0.15, 0.2) is 89.7 Å². The maximum atomic E-state index is 13.5. The number of anilines is 4. The van der Waals surface area contributed by atoms with Crippen LogP contribution in [0.25, 0.3) is 0 Å². The Balaban J connectivity index is 0.00000384. The average Bonchev–Trinajstić information content (AvgIpc) is 2.94. The minimum absolute atomic E-state index is 0. The fourth-order valence-corrected chi connectivity index (χ4v) is 5.06. The van der Waals surface area contributed by atoms with Crippen LogP contribution in [0.2, 0.25) is 0 Å². The smallest absolute Gasteiger partial charge is 0.744 e. The van der Waals surface area contributed by atoms with E-state index in [0.717, 1.165) is 18.2 Å². The summed E-state index contributed by atoms with van der Waals surface area (Å²) in [6.45, 7) is 0. The van der Waals surface area contributed by atoms with Gasteiger partial charge in [-0.15, -0.1) is 20.5 Å². The maximum absolute atomic E-state index is 13.5. The van der Waals surface area contributed by atoms with E-state index < -0.39 is 70.5 Å². The molecule has 0 bridgehead atoms. The Morgan fingerprint density at radius 1 is 0.771 bits per heavy atom. The molecule has 0 radical (unpaired) electrons. The van der Waals surface area contributed by atoms with Crippen molar-refractivity contribution in [3.63, 3.8) is 0 Å². The van der Waals surface area contributed by atoms with Crippen LogP contribution in [0, 0.1) is 12.0 Å². The van der Waals surface area contributed by atoms with E-state index in [2.05, 4.69) is 45.1 Å². The molecule has 1 aromatic heterocycles. The van der Waals surface area contributed by atoms with Crippen molar-refractivity contribution in [3.8, 4) is 0 Å². The Labute approximate surface area is 340 Å². The zero-order chi connectivity index (χ0) is 32.9. The number of rotatable bonds is 11. The molecular weight excluding hydrogens is 737 g/mol. The van der Waals surface area contributed by atoms with Crippen molar-refractivity contribution >= 4 is 77.9 Å². The van der Waals surface area contributed by atoms with Gasteiger partial charge in [0.15, 0.2) is 0 Å². The number of azo groups is 2. The molecule has 0 aliphatic rings. The molecule has 0 spiro atoms. The molecule has 0 fully saturated rings. The van der Waals surface area contributed by atoms with Gasteiger partial charge in [0.2, 0.25) is 5.95 Å². The Kier molecular flexibility index (Phi) is 17.5. The zero-order valence-electron chi connectivity index (χ0n) is 24.7. The summed E-state index contributed by atoms with van der Waals surface area (Å²) in [6.07, 6.45) is -1.36. The standard InChI is InChI=1S/C22H17F2N9O9S3.3Na/c23-17-9-18(29-22(24)28-17)27-10-5-6-14(43-42-41-34)12(7-10)31-33-21-19(25)13(8-16(20(21)26)45(38,39)40)32-30-11-3-1-2-4-15(11)44(35,36)37;;;/h1-9,34H,25-26H2,(H,27,28,29)(H,35,36,37)(H,38,39,40);;;/q;3*+1/p-3. The van der Waals surface area contributed by atoms with E-state index in [1.54, 1.807) is 0 Å². The first-order chi connectivity index (χ1) is 21.2. The average molecular weight is 752 g/mol. The van der Waals surface area contributed by atoms with Crippen molar-refractivity contribution in [1.82, 2.24) is 9.97 Å². The van der Waals surface area contributed by atoms with Crippen LogP contribution in [0.4, 0.5) is 54.4 Å². The van der Waals surface area contributed by atoms with Gasteiger partial charge in [0.1, 0.15) is 48.8 Å². The molecule has 3 aromatic carbocycles. The molecule has 1 heterocycles. The molecule has 0 aliphatic carbocycles. The molecule has 0 saturated carbocycles. The molecule has 0 aliphatic heterocycles. The monoisotopic (exact) mass is 751 g/mol. The van der Waals surface area contributed by atoms with Gasteiger partial charge in [-0.1, -0.05) is 12.1 Å². The minimum Gasteiger partial charge on any atom is -0.744 e. The summed E-state index contributed by atoms with van der Waals surface area (Å²) in [5.41, 5.74) is 9.05. The molecule has 48 heavy (non-hydrogen) atoms. The molecule has 0 unspecified atom stereocenters. The summed E-state index contributed by atoms with van der Waals surface area (Å²) < 4.78 is 102. The van der Waals surface area contributed by atoms with Crippen molar-refractivity contribution in [2.45, 2.75) is 14.7 Å². The van der Waals surface area contributed by atoms with Gasteiger partial charge in [-0.25, -0.2) is 16.8 Å². The van der Waals surface area contributed by atoms with Crippen molar-refractivity contribution in [1.29, 1.82) is 0 Å². The molecule has 18 nitrogen and oxygen atoms in total. The van der Waals surface area contributed by atoms with Crippen LogP contribution in [0.1, 0.15) is 0 Å². The van der Waals surface area contributed by atoms with Crippen molar-refractivity contribution in [2.75, 3.05) is 16.8 Å². The number of benzene rings is 3. The van der Waals surface area contributed by atoms with E-state index in [-0.39, 0.29) is 111 Å². The predicted octanol–water partition coefficient (Wildman–Crippen LogP) is -5.46. The molecule has 0 atom stereocenters. The number of aromatic nitrogens is 2. The van der Waals surface area contributed by atoms with Crippen LogP contribution in [0.5, 0.6) is 0 Å². The van der Waals surface area contributed by atoms with Crippen molar-refractivity contribution in [3.05, 3.63) is 66.6 Å². The second-order valence-electron chi connectivity index (χ2n) is 8.22. The van der Waals surface area contributed by atoms with Crippen molar-refractivity contribution < 1.29 is 138 Å². The van der Waals surface area contributed by atoms with Gasteiger partial charge < -0.3 is 31.1 Å². The number of nitrogens with one attached hydrogen (secondary N) is 1. The van der Waals surface area contributed by atoms with E-state index in [1.807, 2.05) is 0 Å². The van der Waals surface area contributed by atoms with Crippen molar-refractivity contribution in [2.24, 2.45) is 20.5 Å². The minimum atomic E-state index is -5.30. The summed E-state index contributed by atoms with van der Waals surface area (Å²) in [4.78, 5) is 4.49. The quantitative estimate of drug-likeness (QED) is 0.0148. The van der Waals surface area contributed by atoms with E-state index >= 15 is 0 Å². The summed E-state index contributed by atoms with van der Waals surface area (Å²) in [5, 5.41) is 31.4. The van der Waals surface area contributed by atoms with Gasteiger partial charge >= 0.3 is 94.8 Å². The molecule has 0 saturated heterocycles. The summed E-state index contributed by atoms with van der Waals surface area (Å²) in [7, 11) is -10.3. The number of halogens is 2. The van der Waals surface area contributed by atoms with Crippen LogP contribution in [-0.4, -0.2) is 35.9 Å². The van der Waals surface area contributed by atoms with Crippen LogP contribution in [-0.2, 0) is 29.6 Å². The third kappa shape index (κ3) is 11.7. The third-order valence-electron chi connectivity index (χ3n) is 5.30. The first-order valence-corrected chi connectivity index (χ1v) is 15.0. The van der Waals surface area contributed by atoms with Gasteiger partial charge in [0.25, 0.3) is 0 Å². The Hall–Kier alpha value is -1.75. The second kappa shape index (κ2) is 19.0. The van der Waals surface area contributed by atoms with E-state index in [0.29, 0.717) is 18.1 Å². The molecular formula is C22H14F2N9Na3O9S3. The number of hydrogen-bond donors (Lipinski definition) is 3. The van der Waals surface area contributed by atoms with E-state index in [1.165, 1.54) is 30.3 Å². The Morgan fingerprint density at radius 3 is 2.02 bits per heavy atom. The maximum Gasteiger partial charge on any atom is 1.00 e. The summed E-state index contributed by atoms with van der Waals surface area (Å²) >= 11 is 0.352. The first-order valence-electron chi connectivity index (χ1n) is 11.5. The molecule has 4 rings (SSSR count). The van der Waals surface area contributed by atoms with Gasteiger partial charge in [-0.2, -0.15) is 23.1 Å². The van der Waals surface area contributed by atoms with Crippen LogP contribution >= 0.6 is 12.0 Å². The SMILES string of the molecule is Nc1c(N=Nc2ccccc2S(=O)(=O)[O-])cc(S(=O)(=O)[O-])c(N)c1N=Nc1cc(Nc2cc(F)nc(F)n2)ccc1SOO[O-].[Na+].[Na+].[Na+]. The predicted molar refractivity (Wildman–Crippen MR) is 146 cm³/mol. The van der Waals surface area contributed by atoms with E-state index in [9.17, 15) is 40.0 Å². The number of hydrogen-bond acceptors (Lipinski definition) is 19. The fourth-order valence-electron chi connectivity index (χ4n) is 3.42. The first kappa shape index (κ1) is 44.3. The van der Waals surface area contributed by atoms with Gasteiger partial charge in [0.05, 0.1) is 38.1 Å².